The molecule has 3 fully saturated rings. The molecule has 6 aromatic rings. The Balaban J connectivity index is 0.697. The fraction of sp³-hybridized carbons (Fsp3) is 0.357. The molecule has 1 spiro atoms. The topological polar surface area (TPSA) is 165 Å². The Kier molecular flexibility index (Phi) is 14.8. The Labute approximate surface area is 402 Å². The molecule has 4 heterocycles. The lowest BCUT2D eigenvalue weighted by atomic mass is 9.71. The Bertz CT molecular complexity index is 2760. The smallest absolute Gasteiger partial charge is 0.317 e. The number of piperidine rings is 2. The van der Waals surface area contributed by atoms with Crippen LogP contribution in [0.25, 0.3) is 10.9 Å². The molecule has 13 heteroatoms. The molecule has 3 saturated heterocycles. The number of ether oxygens (including phenoxy) is 2. The first-order chi connectivity index (χ1) is 33.6. The minimum absolute atomic E-state index is 0.00221. The molecule has 4 N–H and O–H groups in total. The highest BCUT2D eigenvalue weighted by atomic mass is 16.5. The number of esters is 1. The number of pyridine rings is 1. The zero-order valence-electron chi connectivity index (χ0n) is 38.9. The number of fused-ring (bicyclic) bond motifs is 1. The maximum absolute atomic E-state index is 13.9. The number of aromatic amines is 1. The molecular formula is C56H61N5O8. The van der Waals surface area contributed by atoms with E-state index in [1.165, 1.54) is 17.7 Å². The van der Waals surface area contributed by atoms with E-state index in [0.717, 1.165) is 62.0 Å². The maximum Gasteiger partial charge on any atom is 0.317 e. The molecule has 3 aliphatic rings. The largest absolute Gasteiger partial charge is 0.506 e. The number of hydrogen-bond donors (Lipinski definition) is 4. The number of carbonyl (C=O) groups is 3. The van der Waals surface area contributed by atoms with Gasteiger partial charge in [0, 0.05) is 61.7 Å². The van der Waals surface area contributed by atoms with Crippen LogP contribution in [0.2, 0.25) is 0 Å². The zero-order valence-corrected chi connectivity index (χ0v) is 38.9. The van der Waals surface area contributed by atoms with Gasteiger partial charge in [0.05, 0.1) is 18.2 Å². The maximum atomic E-state index is 13.9. The van der Waals surface area contributed by atoms with Crippen LogP contribution in [0.1, 0.15) is 75.9 Å². The molecule has 69 heavy (non-hydrogen) atoms. The van der Waals surface area contributed by atoms with Crippen molar-refractivity contribution in [1.29, 1.82) is 0 Å². The van der Waals surface area contributed by atoms with Gasteiger partial charge in [-0.3, -0.25) is 24.1 Å². The number of likely N-dealkylation sites (tertiary alicyclic amines) is 3. The van der Waals surface area contributed by atoms with Gasteiger partial charge >= 0.3 is 5.97 Å². The van der Waals surface area contributed by atoms with Crippen LogP contribution >= 0.6 is 0 Å². The molecule has 0 bridgehead atoms. The molecule has 2 amide bonds. The van der Waals surface area contributed by atoms with Crippen molar-refractivity contribution < 1.29 is 34.1 Å². The zero-order chi connectivity index (χ0) is 47.7. The molecule has 9 rings (SSSR count). The van der Waals surface area contributed by atoms with Gasteiger partial charge in [-0.2, -0.15) is 0 Å². The highest BCUT2D eigenvalue weighted by Gasteiger charge is 2.47. The monoisotopic (exact) mass is 931 g/mol. The molecule has 1 aromatic heterocycles. The van der Waals surface area contributed by atoms with E-state index in [0.29, 0.717) is 79.4 Å². The number of benzene rings is 5. The number of nitrogens with zero attached hydrogens (tertiary/aromatic N) is 3. The third kappa shape index (κ3) is 11.6. The predicted molar refractivity (Wildman–Crippen MR) is 264 cm³/mol. The third-order valence-corrected chi connectivity index (χ3v) is 14.3. The lowest BCUT2D eigenvalue weighted by Gasteiger charge is -2.54. The van der Waals surface area contributed by atoms with Crippen molar-refractivity contribution >= 4 is 28.7 Å². The number of hydrogen-bond acceptors (Lipinski definition) is 10. The first kappa shape index (κ1) is 47.3. The number of aliphatic hydroxyl groups excluding tert-OH is 1. The summed E-state index contributed by atoms with van der Waals surface area (Å²) in [6.07, 6.45) is 3.44. The molecule has 0 radical (unpaired) electrons. The summed E-state index contributed by atoms with van der Waals surface area (Å²) in [5.41, 5.74) is 5.18. The van der Waals surface area contributed by atoms with Gasteiger partial charge in [-0.1, -0.05) is 91.0 Å². The summed E-state index contributed by atoms with van der Waals surface area (Å²) in [5, 5.41) is 24.9. The lowest BCUT2D eigenvalue weighted by Crippen LogP contribution is -2.62. The van der Waals surface area contributed by atoms with Crippen molar-refractivity contribution in [3.05, 3.63) is 177 Å². The average Bonchev–Trinajstić information content (AvgIpc) is 3.37. The van der Waals surface area contributed by atoms with Crippen LogP contribution in [0.4, 0.5) is 0 Å². The number of aromatic nitrogens is 1. The summed E-state index contributed by atoms with van der Waals surface area (Å²) in [6.45, 7) is 6.57. The van der Waals surface area contributed by atoms with Gasteiger partial charge in [0.15, 0.2) is 6.61 Å². The Morgan fingerprint density at radius 2 is 1.48 bits per heavy atom. The van der Waals surface area contributed by atoms with Gasteiger partial charge in [-0.15, -0.1) is 0 Å². The van der Waals surface area contributed by atoms with Crippen molar-refractivity contribution in [3.8, 4) is 11.5 Å². The standard InChI is InChI=1S/C56H61N5O8/c62-48-20-18-46(47-19-21-50(64)58-53(47)48)49(63)33-57-27-22-39-14-16-43(17-15-39)54(66)61-37-56(38-61)25-30-60(31-26-56)51(65)36-68-45-13-7-12-44(32-45)52(42-10-5-2-6-11-42)55(67)69-35-41-23-28-59(29-24-41)34-40-8-3-1-4-9-40/h1-21,32,41,49,52,57,62-63H,22-31,33-38H2,(H,58,64). The number of nitrogens with one attached hydrogen (secondary N) is 2. The molecule has 358 valence electrons. The molecule has 0 aliphatic carbocycles. The molecule has 5 aromatic carbocycles. The van der Waals surface area contributed by atoms with Gasteiger partial charge in [-0.25, -0.2) is 0 Å². The second-order valence-corrected chi connectivity index (χ2v) is 19.0. The Morgan fingerprint density at radius 3 is 2.22 bits per heavy atom. The number of phenols is 1. The van der Waals surface area contributed by atoms with E-state index in [2.05, 4.69) is 39.5 Å². The molecule has 0 saturated carbocycles. The summed E-state index contributed by atoms with van der Waals surface area (Å²) in [5.74, 6) is -0.233. The van der Waals surface area contributed by atoms with Crippen LogP contribution in [0.3, 0.4) is 0 Å². The van der Waals surface area contributed by atoms with E-state index in [9.17, 15) is 29.4 Å². The van der Waals surface area contributed by atoms with Crippen LogP contribution in [-0.4, -0.2) is 113 Å². The quantitative estimate of drug-likeness (QED) is 0.0563. The summed E-state index contributed by atoms with van der Waals surface area (Å²) in [4.78, 5) is 61.3. The van der Waals surface area contributed by atoms with Crippen LogP contribution in [0.15, 0.2) is 138 Å². The van der Waals surface area contributed by atoms with Crippen molar-refractivity contribution in [2.24, 2.45) is 11.3 Å². The van der Waals surface area contributed by atoms with E-state index >= 15 is 0 Å². The fourth-order valence-corrected chi connectivity index (χ4v) is 10.1. The second kappa shape index (κ2) is 21.7. The molecule has 2 atom stereocenters. The average molecular weight is 932 g/mol. The van der Waals surface area contributed by atoms with E-state index in [1.54, 1.807) is 12.1 Å². The number of carbonyl (C=O) groups excluding carboxylic acids is 3. The summed E-state index contributed by atoms with van der Waals surface area (Å²) in [6, 6.07) is 41.3. The Morgan fingerprint density at radius 1 is 0.768 bits per heavy atom. The van der Waals surface area contributed by atoms with Crippen molar-refractivity contribution in [2.75, 3.05) is 65.6 Å². The van der Waals surface area contributed by atoms with Crippen LogP contribution in [-0.2, 0) is 27.3 Å². The summed E-state index contributed by atoms with van der Waals surface area (Å²) < 4.78 is 12.1. The van der Waals surface area contributed by atoms with E-state index in [-0.39, 0.29) is 47.7 Å². The summed E-state index contributed by atoms with van der Waals surface area (Å²) >= 11 is 0. The van der Waals surface area contributed by atoms with Crippen LogP contribution in [0.5, 0.6) is 11.5 Å². The van der Waals surface area contributed by atoms with Gasteiger partial charge in [-0.05, 0) is 122 Å². The van der Waals surface area contributed by atoms with Crippen molar-refractivity contribution in [1.82, 2.24) is 25.0 Å². The normalized spacial score (nSPS) is 17.0. The SMILES string of the molecule is O=C(OCC1CCN(Cc2ccccc2)CC1)C(c1ccccc1)c1cccc(OCC(=O)N2CCC3(CC2)CN(C(=O)c2ccc(CCNCC(O)c4ccc(O)c5[nH]c(=O)ccc45)cc2)C3)c1. The van der Waals surface area contributed by atoms with Crippen molar-refractivity contribution in [2.45, 2.75) is 50.7 Å². The lowest BCUT2D eigenvalue weighted by molar-refractivity contribution is -0.146. The Hall–Kier alpha value is -6.80. The minimum atomic E-state index is -0.843. The first-order valence-corrected chi connectivity index (χ1v) is 24.2. The minimum Gasteiger partial charge on any atom is -0.506 e. The molecule has 3 aliphatic heterocycles. The molecular weight excluding hydrogens is 871 g/mol. The van der Waals surface area contributed by atoms with E-state index in [4.69, 9.17) is 9.47 Å². The summed E-state index contributed by atoms with van der Waals surface area (Å²) in [7, 11) is 0. The fourth-order valence-electron chi connectivity index (χ4n) is 10.1. The van der Waals surface area contributed by atoms with Gasteiger partial charge in [0.25, 0.3) is 11.8 Å². The highest BCUT2D eigenvalue weighted by Crippen LogP contribution is 2.41. The second-order valence-electron chi connectivity index (χ2n) is 19.0. The van der Waals surface area contributed by atoms with Crippen molar-refractivity contribution in [3.63, 3.8) is 0 Å². The van der Waals surface area contributed by atoms with Gasteiger partial charge in [0.1, 0.15) is 17.4 Å². The number of aromatic hydroxyl groups is 1. The van der Waals surface area contributed by atoms with E-state index in [1.807, 2.05) is 94.7 Å². The number of H-pyrrole nitrogens is 1. The van der Waals surface area contributed by atoms with Gasteiger partial charge < -0.3 is 39.8 Å². The number of phenolic OH excluding ortho intramolecular Hbond substituents is 1. The molecule has 13 nitrogen and oxygen atoms in total. The van der Waals surface area contributed by atoms with Crippen LogP contribution < -0.4 is 15.6 Å². The van der Waals surface area contributed by atoms with Gasteiger partial charge in [0.2, 0.25) is 5.56 Å². The predicted octanol–water partition coefficient (Wildman–Crippen LogP) is 6.83. The first-order valence-electron chi connectivity index (χ1n) is 24.2. The molecule has 2 unspecified atom stereocenters. The van der Waals surface area contributed by atoms with E-state index < -0.39 is 12.0 Å². The third-order valence-electron chi connectivity index (χ3n) is 14.3. The number of amides is 2. The number of aliphatic hydroxyl groups is 1. The number of rotatable bonds is 17. The van der Waals surface area contributed by atoms with Crippen LogP contribution in [0, 0.1) is 11.3 Å². The highest BCUT2D eigenvalue weighted by molar-refractivity contribution is 5.95.